The minimum Gasteiger partial charge on any atom is -0.481 e. The van der Waals surface area contributed by atoms with Crippen molar-refractivity contribution in [1.29, 1.82) is 0 Å². The van der Waals surface area contributed by atoms with Gasteiger partial charge in [0.25, 0.3) is 5.56 Å². The van der Waals surface area contributed by atoms with Gasteiger partial charge < -0.3 is 10.4 Å². The maximum absolute atomic E-state index is 11.5. The van der Waals surface area contributed by atoms with Gasteiger partial charge in [-0.25, -0.2) is 9.89 Å². The van der Waals surface area contributed by atoms with E-state index < -0.39 is 22.8 Å². The number of H-pyrrole nitrogens is 2. The molecular formula is C10H14N4O4. The van der Waals surface area contributed by atoms with Crippen LogP contribution >= 0.6 is 0 Å². The molecule has 1 aliphatic rings. The third kappa shape index (κ3) is 2.58. The predicted molar refractivity (Wildman–Crippen MR) is 62.6 cm³/mol. The Morgan fingerprint density at radius 3 is 2.61 bits per heavy atom. The van der Waals surface area contributed by atoms with Crippen LogP contribution in [0.2, 0.25) is 0 Å². The highest BCUT2D eigenvalue weighted by Gasteiger charge is 2.36. The number of hydrogen-bond donors (Lipinski definition) is 4. The number of anilines is 1. The third-order valence-corrected chi connectivity index (χ3v) is 3.15. The van der Waals surface area contributed by atoms with E-state index in [2.05, 4.69) is 15.5 Å². The number of aromatic nitrogens is 3. The molecule has 0 amide bonds. The van der Waals surface area contributed by atoms with Crippen LogP contribution in [0.3, 0.4) is 0 Å². The van der Waals surface area contributed by atoms with Crippen molar-refractivity contribution in [3.8, 4) is 0 Å². The highest BCUT2D eigenvalue weighted by Crippen LogP contribution is 2.34. The van der Waals surface area contributed by atoms with Gasteiger partial charge >= 0.3 is 11.7 Å². The first-order chi connectivity index (χ1) is 8.51. The number of hydrogen-bond acceptors (Lipinski definition) is 5. The topological polar surface area (TPSA) is 128 Å². The Balaban J connectivity index is 2.26. The lowest BCUT2D eigenvalue weighted by atomic mass is 9.93. The second-order valence-corrected chi connectivity index (χ2v) is 4.54. The van der Waals surface area contributed by atoms with Crippen molar-refractivity contribution in [3.63, 3.8) is 0 Å². The second-order valence-electron chi connectivity index (χ2n) is 4.54. The molecule has 1 aliphatic carbocycles. The van der Waals surface area contributed by atoms with E-state index in [4.69, 9.17) is 5.11 Å². The van der Waals surface area contributed by atoms with Crippen molar-refractivity contribution in [2.45, 2.75) is 37.6 Å². The monoisotopic (exact) mass is 254 g/mol. The molecule has 98 valence electrons. The van der Waals surface area contributed by atoms with Gasteiger partial charge in [0.15, 0.2) is 0 Å². The molecule has 0 aromatic carbocycles. The van der Waals surface area contributed by atoms with Crippen LogP contribution in [0.4, 0.5) is 5.82 Å². The van der Waals surface area contributed by atoms with Crippen LogP contribution in [-0.4, -0.2) is 31.8 Å². The Morgan fingerprint density at radius 1 is 1.39 bits per heavy atom. The van der Waals surface area contributed by atoms with E-state index in [-0.39, 0.29) is 12.2 Å². The third-order valence-electron chi connectivity index (χ3n) is 3.15. The molecular weight excluding hydrogens is 240 g/mol. The lowest BCUT2D eigenvalue weighted by Crippen LogP contribution is -2.41. The number of carbonyl (C=O) groups is 1. The van der Waals surface area contributed by atoms with Gasteiger partial charge in [-0.1, -0.05) is 12.8 Å². The van der Waals surface area contributed by atoms with Crippen molar-refractivity contribution >= 4 is 11.8 Å². The average molecular weight is 254 g/mol. The molecule has 0 bridgehead atoms. The minimum atomic E-state index is -0.926. The Morgan fingerprint density at radius 2 is 2.06 bits per heavy atom. The van der Waals surface area contributed by atoms with Gasteiger partial charge in [0.1, 0.15) is 0 Å². The second kappa shape index (κ2) is 4.63. The highest BCUT2D eigenvalue weighted by molar-refractivity contribution is 5.69. The fourth-order valence-corrected chi connectivity index (χ4v) is 2.37. The van der Waals surface area contributed by atoms with Gasteiger partial charge in [0, 0.05) is 5.54 Å². The molecule has 8 heteroatoms. The van der Waals surface area contributed by atoms with Crippen LogP contribution in [-0.2, 0) is 4.79 Å². The fraction of sp³-hybridized carbons (Fsp3) is 0.600. The van der Waals surface area contributed by atoms with Crippen LogP contribution < -0.4 is 16.6 Å². The molecule has 0 saturated heterocycles. The van der Waals surface area contributed by atoms with Gasteiger partial charge in [-0.05, 0) is 12.8 Å². The molecule has 1 aromatic rings. The van der Waals surface area contributed by atoms with Crippen molar-refractivity contribution in [2.75, 3.05) is 5.32 Å². The number of carboxylic acid groups (broad SMARTS) is 1. The first-order valence-electron chi connectivity index (χ1n) is 5.70. The SMILES string of the molecule is O=C(O)CC1(Nc2n[nH]c(=O)[nH]c2=O)CCCC1. The van der Waals surface area contributed by atoms with Gasteiger partial charge in [0.2, 0.25) is 5.82 Å². The lowest BCUT2D eigenvalue weighted by molar-refractivity contribution is -0.138. The van der Waals surface area contributed by atoms with E-state index in [1.165, 1.54) is 0 Å². The van der Waals surface area contributed by atoms with Gasteiger partial charge in [-0.15, -0.1) is 5.10 Å². The molecule has 0 radical (unpaired) electrons. The van der Waals surface area contributed by atoms with Crippen molar-refractivity contribution in [3.05, 3.63) is 20.8 Å². The highest BCUT2D eigenvalue weighted by atomic mass is 16.4. The van der Waals surface area contributed by atoms with Crippen LogP contribution in [0.1, 0.15) is 32.1 Å². The van der Waals surface area contributed by atoms with E-state index >= 15 is 0 Å². The van der Waals surface area contributed by atoms with Crippen LogP contribution in [0.5, 0.6) is 0 Å². The summed E-state index contributed by atoms with van der Waals surface area (Å²) in [5.41, 5.74) is -1.98. The summed E-state index contributed by atoms with van der Waals surface area (Å²) in [4.78, 5) is 35.3. The summed E-state index contributed by atoms with van der Waals surface area (Å²) in [6.45, 7) is 0. The van der Waals surface area contributed by atoms with Gasteiger partial charge in [0.05, 0.1) is 6.42 Å². The van der Waals surface area contributed by atoms with E-state index in [0.717, 1.165) is 12.8 Å². The normalized spacial score (nSPS) is 17.6. The molecule has 0 spiro atoms. The summed E-state index contributed by atoms with van der Waals surface area (Å²) in [6, 6.07) is 0. The van der Waals surface area contributed by atoms with Crippen molar-refractivity contribution in [1.82, 2.24) is 15.2 Å². The van der Waals surface area contributed by atoms with Crippen molar-refractivity contribution in [2.24, 2.45) is 0 Å². The number of aliphatic carboxylic acids is 1. The Hall–Kier alpha value is -2.12. The molecule has 1 fully saturated rings. The molecule has 2 rings (SSSR count). The molecule has 0 atom stereocenters. The molecule has 0 aliphatic heterocycles. The zero-order chi connectivity index (χ0) is 13.2. The number of carboxylic acids is 1. The maximum Gasteiger partial charge on any atom is 0.342 e. The molecule has 1 saturated carbocycles. The zero-order valence-corrected chi connectivity index (χ0v) is 9.65. The van der Waals surface area contributed by atoms with Crippen molar-refractivity contribution < 1.29 is 9.90 Å². The van der Waals surface area contributed by atoms with E-state index in [1.807, 2.05) is 4.98 Å². The summed E-state index contributed by atoms with van der Waals surface area (Å²) in [5.74, 6) is -0.969. The largest absolute Gasteiger partial charge is 0.481 e. The number of rotatable bonds is 4. The zero-order valence-electron chi connectivity index (χ0n) is 9.65. The van der Waals surface area contributed by atoms with E-state index in [0.29, 0.717) is 12.8 Å². The van der Waals surface area contributed by atoms with E-state index in [1.54, 1.807) is 0 Å². The summed E-state index contributed by atoms with van der Waals surface area (Å²) in [5, 5.41) is 17.5. The number of nitrogens with one attached hydrogen (secondary N) is 3. The lowest BCUT2D eigenvalue weighted by Gasteiger charge is -2.28. The average Bonchev–Trinajstić information content (AvgIpc) is 2.70. The minimum absolute atomic E-state index is 0.0437. The Bertz CT molecular complexity index is 555. The predicted octanol–water partition coefficient (Wildman–Crippen LogP) is -0.342. The van der Waals surface area contributed by atoms with Gasteiger partial charge in [-0.3, -0.25) is 14.6 Å². The van der Waals surface area contributed by atoms with Crippen LogP contribution in [0.15, 0.2) is 9.59 Å². The maximum atomic E-state index is 11.5. The summed E-state index contributed by atoms with van der Waals surface area (Å²) < 4.78 is 0. The first kappa shape index (κ1) is 12.3. The molecule has 0 unspecified atom stereocenters. The standard InChI is InChI=1S/C10H14N4O4/c15-6(16)5-10(3-1-2-4-10)12-7-8(17)11-9(18)14-13-7/h1-5H2,(H,12,13)(H,15,16)(H2,11,14,17,18). The summed E-state index contributed by atoms with van der Waals surface area (Å²) in [6.07, 6.45) is 3.06. The molecule has 4 N–H and O–H groups in total. The first-order valence-corrected chi connectivity index (χ1v) is 5.70. The smallest absolute Gasteiger partial charge is 0.342 e. The quantitative estimate of drug-likeness (QED) is 0.581. The number of nitrogens with zero attached hydrogens (tertiary/aromatic N) is 1. The molecule has 1 aromatic heterocycles. The molecule has 18 heavy (non-hydrogen) atoms. The fourth-order valence-electron chi connectivity index (χ4n) is 2.37. The number of aromatic amines is 2. The molecule has 1 heterocycles. The summed E-state index contributed by atoms with van der Waals surface area (Å²) in [7, 11) is 0. The van der Waals surface area contributed by atoms with Crippen LogP contribution in [0, 0.1) is 0 Å². The Kier molecular flexibility index (Phi) is 3.17. The molecule has 8 nitrogen and oxygen atoms in total. The Labute approximate surface area is 101 Å². The summed E-state index contributed by atoms with van der Waals surface area (Å²) >= 11 is 0. The van der Waals surface area contributed by atoms with E-state index in [9.17, 15) is 14.4 Å². The van der Waals surface area contributed by atoms with Crippen LogP contribution in [0.25, 0.3) is 0 Å². The van der Waals surface area contributed by atoms with Gasteiger partial charge in [-0.2, -0.15) is 0 Å².